The minimum absolute atomic E-state index is 0.273. The van der Waals surface area contributed by atoms with Gasteiger partial charge in [0.2, 0.25) is 0 Å². The van der Waals surface area contributed by atoms with Crippen LogP contribution in [0.3, 0.4) is 0 Å². The molecule has 5 atom stereocenters. The van der Waals surface area contributed by atoms with Crippen molar-refractivity contribution in [1.29, 1.82) is 0 Å². The highest BCUT2D eigenvalue weighted by molar-refractivity contribution is 7.47. The van der Waals surface area contributed by atoms with Crippen molar-refractivity contribution in [3.63, 3.8) is 0 Å². The fraction of sp³-hybridized carbons (Fsp3) is 0.556. The lowest BCUT2D eigenvalue weighted by Gasteiger charge is -2.27. The Hall–Kier alpha value is -1.00. The molecule has 2 aliphatic heterocycles. The van der Waals surface area contributed by atoms with Gasteiger partial charge in [-0.15, -0.1) is 0 Å². The second-order valence-corrected chi connectivity index (χ2v) is 6.35. The topological polar surface area (TPSA) is 140 Å². The van der Waals surface area contributed by atoms with Crippen LogP contribution in [0.1, 0.15) is 6.23 Å². The van der Waals surface area contributed by atoms with Crippen LogP contribution >= 0.6 is 19.4 Å². The lowest BCUT2D eigenvalue weighted by Crippen LogP contribution is -2.40. The first-order valence-corrected chi connectivity index (χ1v) is 7.66. The van der Waals surface area contributed by atoms with Gasteiger partial charge in [0.1, 0.15) is 23.3 Å². The zero-order valence-corrected chi connectivity index (χ0v) is 11.9. The maximum absolute atomic E-state index is 11.7. The van der Waals surface area contributed by atoms with Crippen molar-refractivity contribution < 1.29 is 28.3 Å². The highest BCUT2D eigenvalue weighted by Crippen LogP contribution is 2.52. The molecular weight excluding hydrogens is 331 g/mol. The van der Waals surface area contributed by atoms with Gasteiger partial charge in [0, 0.05) is 6.20 Å². The number of aromatic amines is 1. The van der Waals surface area contributed by atoms with Gasteiger partial charge in [-0.05, 0) is 0 Å². The van der Waals surface area contributed by atoms with Crippen molar-refractivity contribution in [2.45, 2.75) is 24.5 Å². The average molecular weight is 341 g/mol. The maximum atomic E-state index is 11.7. The Labute approximate surface area is 121 Å². The number of aliphatic hydroxyl groups is 1. The maximum Gasteiger partial charge on any atom is 0.472 e. The fourth-order valence-corrected chi connectivity index (χ4v) is 3.33. The van der Waals surface area contributed by atoms with Gasteiger partial charge in [-0.2, -0.15) is 0 Å². The second kappa shape index (κ2) is 5.03. The van der Waals surface area contributed by atoms with Gasteiger partial charge in [0.05, 0.1) is 6.61 Å². The molecule has 0 aromatic carbocycles. The number of hydrogen-bond acceptors (Lipinski definition) is 7. The van der Waals surface area contributed by atoms with Crippen molar-refractivity contribution in [2.24, 2.45) is 0 Å². The first-order valence-electron chi connectivity index (χ1n) is 5.79. The molecule has 2 aliphatic rings. The number of ether oxygens (including phenoxy) is 1. The predicted molar refractivity (Wildman–Crippen MR) is 66.9 cm³/mol. The highest BCUT2D eigenvalue weighted by atomic mass is 35.5. The van der Waals surface area contributed by atoms with E-state index in [4.69, 9.17) is 20.9 Å². The number of rotatable bonds is 1. The van der Waals surface area contributed by atoms with Crippen LogP contribution in [0.2, 0.25) is 5.02 Å². The third-order valence-corrected chi connectivity index (χ3v) is 4.42. The number of phosphoric ester groups is 1. The minimum atomic E-state index is -4.25. The van der Waals surface area contributed by atoms with E-state index in [9.17, 15) is 24.2 Å². The van der Waals surface area contributed by atoms with Crippen molar-refractivity contribution in [1.82, 2.24) is 9.55 Å². The average Bonchev–Trinajstić information content (AvgIpc) is 2.70. The molecule has 0 spiro atoms. The highest BCUT2D eigenvalue weighted by Gasteiger charge is 2.52. The monoisotopic (exact) mass is 340 g/mol. The molecule has 3 heterocycles. The Morgan fingerprint density at radius 2 is 2.19 bits per heavy atom. The second-order valence-electron chi connectivity index (χ2n) is 4.53. The van der Waals surface area contributed by atoms with E-state index in [1.54, 1.807) is 0 Å². The first kappa shape index (κ1) is 14.9. The van der Waals surface area contributed by atoms with E-state index in [0.717, 1.165) is 10.8 Å². The molecule has 21 heavy (non-hydrogen) atoms. The summed E-state index contributed by atoms with van der Waals surface area (Å²) in [4.78, 5) is 34.1. The number of nitrogens with one attached hydrogen (secondary N) is 1. The minimum Gasteiger partial charge on any atom is -0.386 e. The SMILES string of the molecule is O=c1[nH]c(=O)n(C2OC3COP(=O)(O)OC3C2O)cc1Cl. The van der Waals surface area contributed by atoms with Crippen LogP contribution in [-0.2, 0) is 18.3 Å². The molecule has 0 radical (unpaired) electrons. The van der Waals surface area contributed by atoms with Gasteiger partial charge >= 0.3 is 13.5 Å². The van der Waals surface area contributed by atoms with Crippen LogP contribution in [0, 0.1) is 0 Å². The number of nitrogens with zero attached hydrogens (tertiary/aromatic N) is 1. The molecule has 1 aromatic heterocycles. The van der Waals surface area contributed by atoms with E-state index in [1.807, 2.05) is 4.98 Å². The standard InChI is InChI=1S/C9H10ClN2O8P/c10-3-1-12(9(15)11-7(3)14)8-5(13)6-4(19-8)2-18-21(16,17)20-6/h1,4-6,8,13H,2H2,(H,16,17)(H,11,14,15). The lowest BCUT2D eigenvalue weighted by molar-refractivity contribution is -0.0685. The normalized spacial score (nSPS) is 39.2. The molecule has 0 saturated carbocycles. The number of halogens is 1. The Balaban J connectivity index is 1.95. The number of aromatic nitrogens is 2. The summed E-state index contributed by atoms with van der Waals surface area (Å²) < 4.78 is 26.9. The summed E-state index contributed by atoms with van der Waals surface area (Å²) in [6.07, 6.45) is -3.62. The van der Waals surface area contributed by atoms with E-state index in [2.05, 4.69) is 4.52 Å². The van der Waals surface area contributed by atoms with E-state index < -0.39 is 43.6 Å². The Morgan fingerprint density at radius 3 is 2.90 bits per heavy atom. The van der Waals surface area contributed by atoms with E-state index in [-0.39, 0.29) is 11.6 Å². The third-order valence-electron chi connectivity index (χ3n) is 3.16. The smallest absolute Gasteiger partial charge is 0.386 e. The molecule has 2 fully saturated rings. The summed E-state index contributed by atoms with van der Waals surface area (Å²) in [6, 6.07) is 0. The lowest BCUT2D eigenvalue weighted by atomic mass is 10.1. The van der Waals surface area contributed by atoms with E-state index in [0.29, 0.717) is 0 Å². The number of fused-ring (bicyclic) bond motifs is 1. The van der Waals surface area contributed by atoms with Crippen LogP contribution in [0.15, 0.2) is 15.8 Å². The van der Waals surface area contributed by atoms with Crippen molar-refractivity contribution >= 4 is 19.4 Å². The van der Waals surface area contributed by atoms with Crippen LogP contribution in [-0.4, -0.2) is 44.5 Å². The van der Waals surface area contributed by atoms with Gasteiger partial charge < -0.3 is 14.7 Å². The molecule has 5 unspecified atom stereocenters. The summed E-state index contributed by atoms with van der Waals surface area (Å²) in [6.45, 7) is -0.280. The summed E-state index contributed by atoms with van der Waals surface area (Å²) in [5, 5.41) is 9.85. The molecule has 10 nitrogen and oxygen atoms in total. The van der Waals surface area contributed by atoms with E-state index in [1.165, 1.54) is 0 Å². The van der Waals surface area contributed by atoms with E-state index >= 15 is 0 Å². The molecule has 3 N–H and O–H groups in total. The number of hydrogen-bond donors (Lipinski definition) is 3. The summed E-state index contributed by atoms with van der Waals surface area (Å²) >= 11 is 5.63. The Bertz CT molecular complexity index is 731. The fourth-order valence-electron chi connectivity index (χ4n) is 2.22. The van der Waals surface area contributed by atoms with Crippen LogP contribution in [0.25, 0.3) is 0 Å². The quantitative estimate of drug-likeness (QED) is 0.551. The van der Waals surface area contributed by atoms with Crippen LogP contribution in [0.5, 0.6) is 0 Å². The molecule has 116 valence electrons. The number of H-pyrrole nitrogens is 1. The first-order chi connectivity index (χ1) is 9.78. The predicted octanol–water partition coefficient (Wildman–Crippen LogP) is -1.04. The van der Waals surface area contributed by atoms with Crippen LogP contribution in [0.4, 0.5) is 0 Å². The largest absolute Gasteiger partial charge is 0.472 e. The molecule has 0 bridgehead atoms. The van der Waals surface area contributed by atoms with Crippen molar-refractivity contribution in [2.75, 3.05) is 6.61 Å². The third kappa shape index (κ3) is 2.59. The van der Waals surface area contributed by atoms with Gasteiger partial charge in [-0.1, -0.05) is 11.6 Å². The number of aliphatic hydroxyl groups excluding tert-OH is 1. The van der Waals surface area contributed by atoms with Crippen LogP contribution < -0.4 is 11.2 Å². The zero-order chi connectivity index (χ0) is 15.4. The Kier molecular flexibility index (Phi) is 3.57. The van der Waals surface area contributed by atoms with Crippen molar-refractivity contribution in [3.05, 3.63) is 32.1 Å². The molecule has 3 rings (SSSR count). The molecule has 0 amide bonds. The molecule has 2 saturated heterocycles. The molecule has 0 aliphatic carbocycles. The summed E-state index contributed by atoms with van der Waals surface area (Å²) in [7, 11) is -4.25. The molecule has 12 heteroatoms. The van der Waals surface area contributed by atoms with Gasteiger partial charge in [0.15, 0.2) is 6.23 Å². The zero-order valence-electron chi connectivity index (χ0n) is 10.2. The number of phosphoric acid groups is 1. The van der Waals surface area contributed by atoms with Gasteiger partial charge in [0.25, 0.3) is 5.56 Å². The summed E-state index contributed by atoms with van der Waals surface area (Å²) in [5.41, 5.74) is -1.62. The molecular formula is C9H10ClN2O8P. The molecule has 1 aromatic rings. The Morgan fingerprint density at radius 1 is 1.48 bits per heavy atom. The van der Waals surface area contributed by atoms with Gasteiger partial charge in [-0.25, -0.2) is 9.36 Å². The van der Waals surface area contributed by atoms with Gasteiger partial charge in [-0.3, -0.25) is 23.4 Å². The summed E-state index contributed by atoms with van der Waals surface area (Å²) in [5.74, 6) is 0. The van der Waals surface area contributed by atoms with Crippen molar-refractivity contribution in [3.8, 4) is 0 Å².